The van der Waals surface area contributed by atoms with Gasteiger partial charge < -0.3 is 14.2 Å². The maximum absolute atomic E-state index is 12.0. The Bertz CT molecular complexity index is 457. The van der Waals surface area contributed by atoms with Crippen LogP contribution in [0.5, 0.6) is 0 Å². The van der Waals surface area contributed by atoms with Crippen molar-refractivity contribution in [1.29, 1.82) is 0 Å². The molecule has 3 rings (SSSR count). The first-order valence-corrected chi connectivity index (χ1v) is 5.98. The van der Waals surface area contributed by atoms with Crippen molar-refractivity contribution in [3.8, 4) is 0 Å². The number of carbonyl (C=O) groups excluding carboxylic acids is 3. The van der Waals surface area contributed by atoms with E-state index in [-0.39, 0.29) is 12.7 Å². The van der Waals surface area contributed by atoms with Crippen molar-refractivity contribution in [3.63, 3.8) is 0 Å². The van der Waals surface area contributed by atoms with Crippen LogP contribution >= 0.6 is 0 Å². The lowest BCUT2D eigenvalue weighted by molar-refractivity contribution is -0.171. The average molecular weight is 254 g/mol. The van der Waals surface area contributed by atoms with E-state index in [0.717, 1.165) is 0 Å². The SMILES string of the molecule is CC(=O)OC[C@]12CC[C@@H](O1)[C@H]1C(=O)OC(=O)[C@@]12C. The van der Waals surface area contributed by atoms with Crippen LogP contribution in [-0.4, -0.2) is 36.2 Å². The molecule has 98 valence electrons. The van der Waals surface area contributed by atoms with E-state index in [4.69, 9.17) is 14.2 Å². The van der Waals surface area contributed by atoms with Gasteiger partial charge in [0.2, 0.25) is 0 Å². The van der Waals surface area contributed by atoms with Crippen molar-refractivity contribution < 1.29 is 28.6 Å². The maximum atomic E-state index is 12.0. The summed E-state index contributed by atoms with van der Waals surface area (Å²) in [4.78, 5) is 34.6. The summed E-state index contributed by atoms with van der Waals surface area (Å²) >= 11 is 0. The van der Waals surface area contributed by atoms with Crippen LogP contribution in [0.4, 0.5) is 0 Å². The van der Waals surface area contributed by atoms with E-state index in [1.165, 1.54) is 6.92 Å². The summed E-state index contributed by atoms with van der Waals surface area (Å²) in [5, 5.41) is 0. The molecule has 0 aromatic heterocycles. The second-order valence-electron chi connectivity index (χ2n) is 5.36. The predicted molar refractivity (Wildman–Crippen MR) is 56.2 cm³/mol. The highest BCUT2D eigenvalue weighted by atomic mass is 16.6. The van der Waals surface area contributed by atoms with Crippen molar-refractivity contribution in [2.24, 2.45) is 11.3 Å². The first-order chi connectivity index (χ1) is 8.41. The van der Waals surface area contributed by atoms with E-state index >= 15 is 0 Å². The molecule has 0 N–H and O–H groups in total. The third kappa shape index (κ3) is 1.14. The molecule has 0 saturated carbocycles. The second kappa shape index (κ2) is 3.32. The van der Waals surface area contributed by atoms with E-state index in [9.17, 15) is 14.4 Å². The lowest BCUT2D eigenvalue weighted by Crippen LogP contribution is -2.53. The molecular weight excluding hydrogens is 240 g/mol. The van der Waals surface area contributed by atoms with E-state index in [0.29, 0.717) is 12.8 Å². The standard InChI is InChI=1S/C12H14O6/c1-6(13)16-5-12-4-3-7(18-12)8-9(14)17-10(15)11(8,12)2/h7-8H,3-5H2,1-2H3/t7-,8+,11-,12+/m1/s1. The largest absolute Gasteiger partial charge is 0.463 e. The van der Waals surface area contributed by atoms with Crippen LogP contribution < -0.4 is 0 Å². The number of fused-ring (bicyclic) bond motifs is 5. The van der Waals surface area contributed by atoms with Gasteiger partial charge in [-0.25, -0.2) is 0 Å². The Hall–Kier alpha value is -1.43. The van der Waals surface area contributed by atoms with Gasteiger partial charge in [0.05, 0.1) is 6.10 Å². The topological polar surface area (TPSA) is 78.9 Å². The van der Waals surface area contributed by atoms with Crippen molar-refractivity contribution >= 4 is 17.9 Å². The molecule has 0 amide bonds. The quantitative estimate of drug-likeness (QED) is 0.517. The summed E-state index contributed by atoms with van der Waals surface area (Å²) in [6.45, 7) is 2.97. The van der Waals surface area contributed by atoms with Crippen molar-refractivity contribution in [2.45, 2.75) is 38.4 Å². The molecule has 6 nitrogen and oxygen atoms in total. The van der Waals surface area contributed by atoms with Gasteiger partial charge >= 0.3 is 17.9 Å². The molecular formula is C12H14O6. The highest BCUT2D eigenvalue weighted by molar-refractivity contribution is 6.01. The smallest absolute Gasteiger partial charge is 0.323 e. The zero-order valence-corrected chi connectivity index (χ0v) is 10.2. The molecule has 4 atom stereocenters. The van der Waals surface area contributed by atoms with Gasteiger partial charge in [-0.3, -0.25) is 14.4 Å². The lowest BCUT2D eigenvalue weighted by Gasteiger charge is -2.37. The summed E-state index contributed by atoms with van der Waals surface area (Å²) in [6.07, 6.45) is 0.981. The minimum absolute atomic E-state index is 0.00574. The molecule has 3 fully saturated rings. The number of carbonyl (C=O) groups is 3. The van der Waals surface area contributed by atoms with Crippen LogP contribution in [0.25, 0.3) is 0 Å². The van der Waals surface area contributed by atoms with Crippen molar-refractivity contribution in [2.75, 3.05) is 6.61 Å². The van der Waals surface area contributed by atoms with Crippen LogP contribution in [0.3, 0.4) is 0 Å². The van der Waals surface area contributed by atoms with Crippen molar-refractivity contribution in [1.82, 2.24) is 0 Å². The van der Waals surface area contributed by atoms with Crippen LogP contribution in [0.2, 0.25) is 0 Å². The molecule has 3 heterocycles. The van der Waals surface area contributed by atoms with E-state index < -0.39 is 34.8 Å². The molecule has 0 radical (unpaired) electrons. The molecule has 3 saturated heterocycles. The van der Waals surface area contributed by atoms with Crippen molar-refractivity contribution in [3.05, 3.63) is 0 Å². The normalized spacial score (nSPS) is 45.0. The molecule has 3 aliphatic rings. The summed E-state index contributed by atoms with van der Waals surface area (Å²) in [7, 11) is 0. The Labute approximate surface area is 104 Å². The fourth-order valence-electron chi connectivity index (χ4n) is 3.49. The number of hydrogen-bond donors (Lipinski definition) is 0. The minimum Gasteiger partial charge on any atom is -0.463 e. The Morgan fingerprint density at radius 3 is 2.89 bits per heavy atom. The van der Waals surface area contributed by atoms with Gasteiger partial charge in [0.15, 0.2) is 0 Å². The zero-order chi connectivity index (χ0) is 13.1. The van der Waals surface area contributed by atoms with Gasteiger partial charge in [-0.15, -0.1) is 0 Å². The van der Waals surface area contributed by atoms with Crippen LogP contribution in [0.1, 0.15) is 26.7 Å². The van der Waals surface area contributed by atoms with E-state index in [1.807, 2.05) is 0 Å². The number of cyclic esters (lactones) is 2. The molecule has 18 heavy (non-hydrogen) atoms. The summed E-state index contributed by atoms with van der Waals surface area (Å²) in [5.74, 6) is -2.07. The maximum Gasteiger partial charge on any atom is 0.323 e. The summed E-state index contributed by atoms with van der Waals surface area (Å²) in [5.41, 5.74) is -1.93. The Kier molecular flexibility index (Phi) is 2.15. The molecule has 6 heteroatoms. The molecule has 0 aliphatic carbocycles. The summed E-state index contributed by atoms with van der Waals surface area (Å²) < 4.78 is 15.6. The summed E-state index contributed by atoms with van der Waals surface area (Å²) in [6, 6.07) is 0. The molecule has 2 bridgehead atoms. The first-order valence-electron chi connectivity index (χ1n) is 5.98. The van der Waals surface area contributed by atoms with E-state index in [1.54, 1.807) is 6.92 Å². The van der Waals surface area contributed by atoms with Gasteiger partial charge in [0, 0.05) is 6.92 Å². The minimum atomic E-state index is -1.03. The molecule has 0 aromatic carbocycles. The van der Waals surface area contributed by atoms with Crippen LogP contribution in [0.15, 0.2) is 0 Å². The fraction of sp³-hybridized carbons (Fsp3) is 0.750. The highest BCUT2D eigenvalue weighted by Crippen LogP contribution is 2.62. The first kappa shape index (κ1) is 11.6. The average Bonchev–Trinajstić information content (AvgIpc) is 2.87. The monoisotopic (exact) mass is 254 g/mol. The highest BCUT2D eigenvalue weighted by Gasteiger charge is 2.76. The number of hydrogen-bond acceptors (Lipinski definition) is 6. The van der Waals surface area contributed by atoms with Gasteiger partial charge in [0.25, 0.3) is 0 Å². The Balaban J connectivity index is 1.98. The molecule has 0 spiro atoms. The van der Waals surface area contributed by atoms with Gasteiger partial charge in [-0.1, -0.05) is 0 Å². The number of ether oxygens (including phenoxy) is 3. The molecule has 0 unspecified atom stereocenters. The zero-order valence-electron chi connectivity index (χ0n) is 10.2. The van der Waals surface area contributed by atoms with E-state index in [2.05, 4.69) is 0 Å². The lowest BCUT2D eigenvalue weighted by atomic mass is 9.62. The van der Waals surface area contributed by atoms with Gasteiger partial charge in [0.1, 0.15) is 23.5 Å². The number of rotatable bonds is 2. The van der Waals surface area contributed by atoms with Gasteiger partial charge in [-0.05, 0) is 19.8 Å². The predicted octanol–water partition coefficient (Wildman–Crippen LogP) is 0.187. The number of esters is 3. The van der Waals surface area contributed by atoms with Crippen LogP contribution in [0, 0.1) is 11.3 Å². The molecule has 0 aromatic rings. The van der Waals surface area contributed by atoms with Crippen LogP contribution in [-0.2, 0) is 28.6 Å². The third-order valence-corrected chi connectivity index (χ3v) is 4.53. The second-order valence-corrected chi connectivity index (χ2v) is 5.36. The Morgan fingerprint density at radius 1 is 1.50 bits per heavy atom. The third-order valence-electron chi connectivity index (χ3n) is 4.53. The van der Waals surface area contributed by atoms with Gasteiger partial charge in [-0.2, -0.15) is 0 Å². The molecule has 3 aliphatic heterocycles. The Morgan fingerprint density at radius 2 is 2.22 bits per heavy atom. The fourth-order valence-corrected chi connectivity index (χ4v) is 3.49.